The Morgan fingerprint density at radius 3 is 2.06 bits per heavy atom. The molecule has 0 spiro atoms. The third-order valence-electron chi connectivity index (χ3n) is 5.01. The standard InChI is InChI=1S/C23H15F5N4.Pt/c1-22(2,18-7-3-5-15(30-18)14-9-10-20(24)32-21(14)25)19-8-4-6-16(31-19)17-11-13(12-29-17)23(26,27)28;/h3-8,10-12H,1-2H3;/q-2;+2. The van der Waals surface area contributed by atoms with E-state index in [1.807, 2.05) is 13.8 Å². The van der Waals surface area contributed by atoms with Crippen molar-refractivity contribution in [3.05, 3.63) is 89.6 Å². The van der Waals surface area contributed by atoms with Crippen molar-refractivity contribution < 1.29 is 43.0 Å². The third-order valence-corrected chi connectivity index (χ3v) is 5.01. The van der Waals surface area contributed by atoms with Gasteiger partial charge >= 0.3 is 27.2 Å². The predicted octanol–water partition coefficient (Wildman–Crippen LogP) is 5.58. The normalized spacial score (nSPS) is 11.8. The molecule has 0 atom stereocenters. The van der Waals surface area contributed by atoms with E-state index >= 15 is 0 Å². The summed E-state index contributed by atoms with van der Waals surface area (Å²) in [4.78, 5) is 16.0. The first-order valence-electron chi connectivity index (χ1n) is 9.45. The number of hydrogen-bond acceptors (Lipinski definition) is 3. The van der Waals surface area contributed by atoms with Crippen LogP contribution < -0.4 is 4.98 Å². The zero-order chi connectivity index (χ0) is 23.1. The van der Waals surface area contributed by atoms with E-state index in [2.05, 4.69) is 26.0 Å². The summed E-state index contributed by atoms with van der Waals surface area (Å²) in [6, 6.07) is 14.2. The molecule has 0 fully saturated rings. The summed E-state index contributed by atoms with van der Waals surface area (Å²) in [6.45, 7) is 3.65. The van der Waals surface area contributed by atoms with E-state index in [-0.39, 0.29) is 43.7 Å². The molecular formula is C23H15F5N4Pt. The number of nitrogens with zero attached hydrogens (tertiary/aromatic N) is 4. The van der Waals surface area contributed by atoms with Crippen LogP contribution in [0.2, 0.25) is 0 Å². The fraction of sp³-hybridized carbons (Fsp3) is 0.174. The molecule has 0 aliphatic rings. The van der Waals surface area contributed by atoms with Gasteiger partial charge in [0, 0.05) is 22.4 Å². The van der Waals surface area contributed by atoms with Gasteiger partial charge in [-0.2, -0.15) is 19.4 Å². The zero-order valence-corrected chi connectivity index (χ0v) is 19.5. The Hall–Kier alpha value is -2.93. The largest absolute Gasteiger partial charge is 2.00 e. The molecule has 4 aromatic rings. The Bertz CT molecular complexity index is 1280. The molecule has 33 heavy (non-hydrogen) atoms. The van der Waals surface area contributed by atoms with Gasteiger partial charge in [0.25, 0.3) is 0 Å². The van der Waals surface area contributed by atoms with E-state index in [0.29, 0.717) is 11.4 Å². The summed E-state index contributed by atoms with van der Waals surface area (Å²) in [6.07, 6.45) is -3.73. The van der Waals surface area contributed by atoms with Crippen LogP contribution in [0, 0.1) is 18.0 Å². The number of rotatable bonds is 4. The van der Waals surface area contributed by atoms with Crippen LogP contribution >= 0.6 is 0 Å². The molecule has 4 heterocycles. The molecular weight excluding hydrogens is 622 g/mol. The molecule has 0 aliphatic heterocycles. The fourth-order valence-electron chi connectivity index (χ4n) is 3.19. The topological polar surface area (TPSA) is 52.8 Å². The van der Waals surface area contributed by atoms with Gasteiger partial charge in [-0.05, 0) is 37.7 Å². The second kappa shape index (κ2) is 9.14. The summed E-state index contributed by atoms with van der Waals surface area (Å²) in [7, 11) is 0. The number of hydrogen-bond donors (Lipinski definition) is 0. The Labute approximate surface area is 200 Å². The van der Waals surface area contributed by atoms with E-state index in [1.54, 1.807) is 36.4 Å². The quantitative estimate of drug-likeness (QED) is 0.167. The maximum absolute atomic E-state index is 14.1. The molecule has 0 saturated carbocycles. The number of halogens is 5. The van der Waals surface area contributed by atoms with Gasteiger partial charge < -0.3 is 9.97 Å². The molecule has 0 saturated heterocycles. The smallest absolute Gasteiger partial charge is 0.662 e. The minimum absolute atomic E-state index is 0. The second-order valence-electron chi connectivity index (χ2n) is 7.57. The van der Waals surface area contributed by atoms with Gasteiger partial charge in [-0.3, -0.25) is 9.97 Å². The molecule has 4 nitrogen and oxygen atoms in total. The van der Waals surface area contributed by atoms with Gasteiger partial charge in [-0.1, -0.05) is 35.9 Å². The van der Waals surface area contributed by atoms with Crippen LogP contribution in [0.4, 0.5) is 22.0 Å². The van der Waals surface area contributed by atoms with E-state index in [4.69, 9.17) is 0 Å². The summed E-state index contributed by atoms with van der Waals surface area (Å²) < 4.78 is 65.9. The zero-order valence-electron chi connectivity index (χ0n) is 17.2. The van der Waals surface area contributed by atoms with Crippen LogP contribution in [-0.4, -0.2) is 15.0 Å². The van der Waals surface area contributed by atoms with Crippen molar-refractivity contribution >= 4 is 0 Å². The summed E-state index contributed by atoms with van der Waals surface area (Å²) in [5.74, 6) is -2.02. The van der Waals surface area contributed by atoms with Crippen LogP contribution in [0.1, 0.15) is 30.8 Å². The molecule has 0 aromatic carbocycles. The second-order valence-corrected chi connectivity index (χ2v) is 7.57. The molecule has 0 bridgehead atoms. The minimum Gasteiger partial charge on any atom is -0.662 e. The first-order chi connectivity index (χ1) is 15.1. The average molecular weight is 637 g/mol. The summed E-state index contributed by atoms with van der Waals surface area (Å²) in [5, 5.41) is 0. The molecule has 4 rings (SSSR count). The van der Waals surface area contributed by atoms with Gasteiger partial charge in [0.1, 0.15) is 11.9 Å². The van der Waals surface area contributed by atoms with Crippen LogP contribution in [-0.2, 0) is 32.7 Å². The van der Waals surface area contributed by atoms with Crippen molar-refractivity contribution in [3.63, 3.8) is 0 Å². The number of pyridine rings is 3. The number of aromatic nitrogens is 4. The van der Waals surface area contributed by atoms with Crippen LogP contribution in [0.3, 0.4) is 0 Å². The van der Waals surface area contributed by atoms with Crippen molar-refractivity contribution in [2.75, 3.05) is 0 Å². The minimum atomic E-state index is -4.49. The van der Waals surface area contributed by atoms with Crippen molar-refractivity contribution in [3.8, 4) is 22.6 Å². The third kappa shape index (κ3) is 5.03. The van der Waals surface area contributed by atoms with E-state index < -0.39 is 29.1 Å². The first-order valence-corrected chi connectivity index (χ1v) is 9.45. The first kappa shape index (κ1) is 24.7. The molecule has 0 amide bonds. The SMILES string of the molecule is CC(C)(c1cccc(-c2cc(C(F)(F)F)c[n-]2)n1)c1cccc(-c2[c-]cc(F)nc2F)n1.[Pt+2]. The predicted molar refractivity (Wildman–Crippen MR) is 106 cm³/mol. The maximum Gasteiger partial charge on any atom is 2.00 e. The van der Waals surface area contributed by atoms with Crippen LogP contribution in [0.5, 0.6) is 0 Å². The molecule has 0 unspecified atom stereocenters. The molecule has 10 heteroatoms. The van der Waals surface area contributed by atoms with Crippen molar-refractivity contribution in [2.45, 2.75) is 25.4 Å². The van der Waals surface area contributed by atoms with E-state index in [0.717, 1.165) is 18.3 Å². The molecule has 0 aliphatic carbocycles. The summed E-state index contributed by atoms with van der Waals surface area (Å²) >= 11 is 0. The Balaban J connectivity index is 0.00000306. The molecule has 0 radical (unpaired) electrons. The Morgan fingerprint density at radius 1 is 0.879 bits per heavy atom. The van der Waals surface area contributed by atoms with Gasteiger partial charge in [-0.25, -0.2) is 8.78 Å². The number of alkyl halides is 3. The van der Waals surface area contributed by atoms with E-state index in [9.17, 15) is 22.0 Å². The molecule has 172 valence electrons. The van der Waals surface area contributed by atoms with Crippen LogP contribution in [0.25, 0.3) is 22.6 Å². The van der Waals surface area contributed by atoms with Gasteiger partial charge in [0.05, 0.1) is 5.69 Å². The summed E-state index contributed by atoms with van der Waals surface area (Å²) in [5.41, 5.74) is -0.0820. The van der Waals surface area contributed by atoms with Gasteiger partial charge in [0.2, 0.25) is 0 Å². The average Bonchev–Trinajstić information content (AvgIpc) is 3.25. The molecule has 0 N–H and O–H groups in total. The Kier molecular flexibility index (Phi) is 6.84. The maximum atomic E-state index is 14.1. The van der Waals surface area contributed by atoms with Gasteiger partial charge in [-0.15, -0.1) is 11.8 Å². The fourth-order valence-corrected chi connectivity index (χ4v) is 3.19. The van der Waals surface area contributed by atoms with Crippen LogP contribution in [0.15, 0.2) is 54.7 Å². The van der Waals surface area contributed by atoms with Gasteiger partial charge in [0.15, 0.2) is 0 Å². The molecule has 4 aromatic heterocycles. The van der Waals surface area contributed by atoms with Crippen molar-refractivity contribution in [1.82, 2.24) is 19.9 Å². The monoisotopic (exact) mass is 637 g/mol. The van der Waals surface area contributed by atoms with Crippen molar-refractivity contribution in [1.29, 1.82) is 0 Å². The van der Waals surface area contributed by atoms with E-state index in [1.165, 1.54) is 0 Å². The Morgan fingerprint density at radius 2 is 1.48 bits per heavy atom. The van der Waals surface area contributed by atoms with Crippen molar-refractivity contribution in [2.24, 2.45) is 0 Å².